The van der Waals surface area contributed by atoms with Gasteiger partial charge in [0.1, 0.15) is 11.5 Å². The molecule has 4 rings (SSSR count). The van der Waals surface area contributed by atoms with Crippen LogP contribution in [0.1, 0.15) is 71.3 Å². The van der Waals surface area contributed by atoms with Crippen molar-refractivity contribution in [2.45, 2.75) is 64.3 Å². The van der Waals surface area contributed by atoms with E-state index in [1.807, 2.05) is 48.7 Å². The minimum absolute atomic E-state index is 0. The molecule has 1 heterocycles. The van der Waals surface area contributed by atoms with Crippen LogP contribution in [-0.2, 0) is 17.8 Å². The van der Waals surface area contributed by atoms with E-state index >= 15 is 0 Å². The summed E-state index contributed by atoms with van der Waals surface area (Å²) in [5.41, 5.74) is 4.44. The first-order valence-corrected chi connectivity index (χ1v) is 14.7. The van der Waals surface area contributed by atoms with Gasteiger partial charge in [-0.1, -0.05) is 66.7 Å². The summed E-state index contributed by atoms with van der Waals surface area (Å²) >= 11 is 0. The molecule has 0 unspecified atom stereocenters. The molecular weight excluding hydrogens is 625 g/mol. The van der Waals surface area contributed by atoms with E-state index in [-0.39, 0.29) is 96.5 Å². The van der Waals surface area contributed by atoms with Gasteiger partial charge in [-0.2, -0.15) is 0 Å². The second-order valence-electron chi connectivity index (χ2n) is 11.2. The molecule has 0 aliphatic carbocycles. The number of hydrogen-bond donors (Lipinski definition) is 3. The van der Waals surface area contributed by atoms with Gasteiger partial charge in [0.05, 0.1) is 18.2 Å². The van der Waals surface area contributed by atoms with Crippen LogP contribution in [0.2, 0.25) is 0 Å². The Kier molecular flexibility index (Phi) is 16.0. The molecule has 1 aromatic heterocycles. The molecule has 1 amide bonds. The molecule has 0 spiro atoms. The number of benzene rings is 3. The van der Waals surface area contributed by atoms with E-state index in [0.717, 1.165) is 5.56 Å². The van der Waals surface area contributed by atoms with Crippen LogP contribution in [0.5, 0.6) is 0 Å². The van der Waals surface area contributed by atoms with Gasteiger partial charge in [-0.25, -0.2) is 4.39 Å². The fourth-order valence-corrected chi connectivity index (χ4v) is 5.53. The minimum atomic E-state index is -1.42. The van der Waals surface area contributed by atoms with Crippen LogP contribution < -0.4 is 74.6 Å². The van der Waals surface area contributed by atoms with Gasteiger partial charge in [0.2, 0.25) is 0 Å². The normalized spacial score (nSPS) is 12.0. The molecule has 4 aromatic rings. The number of carboxylic acids is 2. The maximum absolute atomic E-state index is 14.1. The molecule has 0 fully saturated rings. The van der Waals surface area contributed by atoms with E-state index in [1.54, 1.807) is 24.3 Å². The Morgan fingerprint density at radius 2 is 1.43 bits per heavy atom. The van der Waals surface area contributed by atoms with E-state index in [0.29, 0.717) is 33.6 Å². The van der Waals surface area contributed by atoms with E-state index < -0.39 is 42.3 Å². The van der Waals surface area contributed by atoms with Gasteiger partial charge in [0.15, 0.2) is 0 Å². The Balaban J connectivity index is 0.00000384. The molecule has 236 valence electrons. The summed E-state index contributed by atoms with van der Waals surface area (Å²) < 4.78 is 15.9. The molecule has 0 aliphatic heterocycles. The van der Waals surface area contributed by atoms with E-state index in [4.69, 9.17) is 0 Å². The number of carboxylic acid groups (broad SMARTS) is 2. The van der Waals surface area contributed by atoms with Crippen LogP contribution in [0, 0.1) is 5.82 Å². The van der Waals surface area contributed by atoms with Crippen LogP contribution in [0.15, 0.2) is 78.9 Å². The summed E-state index contributed by atoms with van der Waals surface area (Å²) in [7, 11) is 0. The van der Waals surface area contributed by atoms with Crippen molar-refractivity contribution in [3.8, 4) is 22.3 Å². The zero-order valence-electron chi connectivity index (χ0n) is 27.0. The summed E-state index contributed by atoms with van der Waals surface area (Å²) in [6.07, 6.45) is -2.69. The number of nitrogens with one attached hydrogen (secondary N) is 1. The number of carbonyl (C=O) groups excluding carboxylic acids is 3. The molecule has 0 saturated carbocycles. The number of aliphatic hydroxyl groups excluding tert-OH is 2. The first-order valence-electron chi connectivity index (χ1n) is 14.7. The molecule has 3 aromatic carbocycles. The number of rotatable bonds is 14. The van der Waals surface area contributed by atoms with Crippen molar-refractivity contribution in [3.63, 3.8) is 0 Å². The second kappa shape index (κ2) is 18.7. The predicted octanol–water partition coefficient (Wildman–Crippen LogP) is -2.97. The molecule has 0 radical (unpaired) electrons. The average molecular weight is 661 g/mol. The number of aromatic nitrogens is 1. The van der Waals surface area contributed by atoms with Crippen LogP contribution in [-0.4, -0.2) is 44.8 Å². The Morgan fingerprint density at radius 3 is 1.98 bits per heavy atom. The molecule has 0 saturated heterocycles. The second-order valence-corrected chi connectivity index (χ2v) is 11.2. The number of halogens is 1. The number of aromatic carboxylic acids is 1. The zero-order chi connectivity index (χ0) is 32.7. The third kappa shape index (κ3) is 10.6. The van der Waals surface area contributed by atoms with Crippen molar-refractivity contribution in [2.75, 3.05) is 0 Å². The summed E-state index contributed by atoms with van der Waals surface area (Å²) in [5, 5.41) is 45.8. The van der Waals surface area contributed by atoms with Crippen molar-refractivity contribution >= 4 is 17.8 Å². The molecule has 3 N–H and O–H groups in total. The summed E-state index contributed by atoms with van der Waals surface area (Å²) in [6.45, 7) is 3.95. The zero-order valence-corrected chi connectivity index (χ0v) is 31.0. The number of nitrogens with zero attached hydrogens (tertiary/aromatic N) is 1. The van der Waals surface area contributed by atoms with Gasteiger partial charge < -0.3 is 39.9 Å². The Hall–Kier alpha value is -2.80. The molecule has 0 aliphatic rings. The van der Waals surface area contributed by atoms with Gasteiger partial charge in [-0.15, -0.1) is 0 Å². The summed E-state index contributed by atoms with van der Waals surface area (Å²) in [5.74, 6) is -3.54. The molecule has 47 heavy (non-hydrogen) atoms. The average Bonchev–Trinajstić information content (AvgIpc) is 3.35. The smallest absolute Gasteiger partial charge is 0.550 e. The fourth-order valence-electron chi connectivity index (χ4n) is 5.53. The number of carbonyl (C=O) groups is 3. The SMILES string of the molecule is CC(C)n1c(CC[C@@H](O)C[C@@H](O)CC(=O)[O-])c(-c2ccc(F)cc2)c(-c2ccccc2)c1C(=O)NCc1ccc(C(=O)[O-])cc1.[Na+].[Na+]. The van der Waals surface area contributed by atoms with Gasteiger partial charge in [0.25, 0.3) is 5.91 Å². The quantitative estimate of drug-likeness (QED) is 0.122. The summed E-state index contributed by atoms with van der Waals surface area (Å²) in [4.78, 5) is 36.1. The summed E-state index contributed by atoms with van der Waals surface area (Å²) in [6, 6.07) is 21.0. The maximum Gasteiger partial charge on any atom is 1.00 e. The Labute approximate surface area is 317 Å². The van der Waals surface area contributed by atoms with Crippen LogP contribution in [0.25, 0.3) is 22.3 Å². The number of amides is 1. The minimum Gasteiger partial charge on any atom is -0.550 e. The van der Waals surface area contributed by atoms with Gasteiger partial charge >= 0.3 is 59.1 Å². The molecule has 2 atom stereocenters. The molecule has 0 bridgehead atoms. The largest absolute Gasteiger partial charge is 1.00 e. The standard InChI is InChI=1S/C35H37FN2O7.2Na/c1-21(2)38-29(17-16-27(39)18-28(40)19-30(41)42)31(24-12-14-26(36)15-13-24)32(23-6-4-3-5-7-23)33(38)34(43)37-20-22-8-10-25(11-9-22)35(44)45;;/h3-15,21,27-28,39-40H,16-20H2,1-2H3,(H,37,43)(H,41,42)(H,44,45);;/q;2*+1/p-2/t27-,28-;;/m1../s1. The third-order valence-corrected chi connectivity index (χ3v) is 7.54. The van der Waals surface area contributed by atoms with E-state index in [9.17, 15) is 39.2 Å². The van der Waals surface area contributed by atoms with E-state index in [1.165, 1.54) is 24.3 Å². The number of aliphatic hydroxyl groups is 2. The van der Waals surface area contributed by atoms with Crippen LogP contribution in [0.3, 0.4) is 0 Å². The van der Waals surface area contributed by atoms with Crippen molar-refractivity contribution < 1.29 is 98.3 Å². The van der Waals surface area contributed by atoms with Crippen LogP contribution >= 0.6 is 0 Å². The number of aliphatic carboxylic acids is 1. The maximum atomic E-state index is 14.1. The number of hydrogen-bond acceptors (Lipinski definition) is 7. The third-order valence-electron chi connectivity index (χ3n) is 7.54. The van der Waals surface area contributed by atoms with Gasteiger partial charge in [0, 0.05) is 41.8 Å². The first-order chi connectivity index (χ1) is 21.5. The van der Waals surface area contributed by atoms with Crippen molar-refractivity contribution in [1.29, 1.82) is 0 Å². The monoisotopic (exact) mass is 660 g/mol. The first kappa shape index (κ1) is 40.4. The Bertz CT molecular complexity index is 1640. The molecule has 12 heteroatoms. The van der Waals surface area contributed by atoms with E-state index in [2.05, 4.69) is 5.32 Å². The van der Waals surface area contributed by atoms with Crippen LogP contribution in [0.4, 0.5) is 4.39 Å². The topological polar surface area (TPSA) is 155 Å². The fraction of sp³-hybridized carbons (Fsp3) is 0.286. The molecular formula is C35H35FN2Na2O7. The van der Waals surface area contributed by atoms with Crippen molar-refractivity contribution in [2.24, 2.45) is 0 Å². The molecule has 9 nitrogen and oxygen atoms in total. The van der Waals surface area contributed by atoms with Crippen molar-refractivity contribution in [3.05, 3.63) is 107 Å². The Morgan fingerprint density at radius 1 is 0.830 bits per heavy atom. The van der Waals surface area contributed by atoms with Crippen molar-refractivity contribution in [1.82, 2.24) is 9.88 Å². The van der Waals surface area contributed by atoms with Gasteiger partial charge in [-0.05, 0) is 67.5 Å². The predicted molar refractivity (Wildman–Crippen MR) is 162 cm³/mol. The van der Waals surface area contributed by atoms with Gasteiger partial charge in [-0.3, -0.25) is 4.79 Å².